The molecular weight excluding hydrogens is 200 g/mol. The molecule has 2 atom stereocenters. The quantitative estimate of drug-likeness (QED) is 0.462. The zero-order valence-corrected chi connectivity index (χ0v) is 9.14. The van der Waals surface area contributed by atoms with Gasteiger partial charge in [-0.05, 0) is 6.42 Å². The van der Waals surface area contributed by atoms with Crippen molar-refractivity contribution < 1.29 is 24.1 Å². The van der Waals surface area contributed by atoms with Crippen LogP contribution in [-0.2, 0) is 19.0 Å². The van der Waals surface area contributed by atoms with E-state index in [1.807, 2.05) is 0 Å². The normalized spacial score (nSPS) is 14.5. The molecule has 0 fully saturated rings. The number of methoxy groups -OCH3 is 1. The van der Waals surface area contributed by atoms with Gasteiger partial charge < -0.3 is 19.3 Å². The van der Waals surface area contributed by atoms with E-state index in [-0.39, 0.29) is 19.5 Å². The summed E-state index contributed by atoms with van der Waals surface area (Å²) in [6.07, 6.45) is 0.828. The van der Waals surface area contributed by atoms with Gasteiger partial charge in [-0.2, -0.15) is 0 Å². The highest BCUT2D eigenvalue weighted by molar-refractivity contribution is 5.72. The summed E-state index contributed by atoms with van der Waals surface area (Å²) < 4.78 is 15.0. The Labute approximate surface area is 89.6 Å². The second-order valence-corrected chi connectivity index (χ2v) is 2.92. The standard InChI is InChI=1S/C10H18O5/c1-4-8(15-7-13-3)6-14-9(5-2)10(11)12/h4,8-9H,1,5-7H2,2-3H3,(H,11,12)/t8-,9?/m1/s1. The lowest BCUT2D eigenvalue weighted by Crippen LogP contribution is -2.28. The summed E-state index contributed by atoms with van der Waals surface area (Å²) in [7, 11) is 1.51. The maximum absolute atomic E-state index is 10.6. The van der Waals surface area contributed by atoms with Crippen LogP contribution in [0.25, 0.3) is 0 Å². The summed E-state index contributed by atoms with van der Waals surface area (Å²) in [4.78, 5) is 10.6. The second-order valence-electron chi connectivity index (χ2n) is 2.92. The Kier molecular flexibility index (Phi) is 7.89. The number of hydrogen-bond acceptors (Lipinski definition) is 4. The third-order valence-corrected chi connectivity index (χ3v) is 1.77. The number of hydrogen-bond donors (Lipinski definition) is 1. The van der Waals surface area contributed by atoms with Gasteiger partial charge >= 0.3 is 5.97 Å². The van der Waals surface area contributed by atoms with Crippen molar-refractivity contribution in [1.29, 1.82) is 0 Å². The minimum absolute atomic E-state index is 0.129. The lowest BCUT2D eigenvalue weighted by Gasteiger charge is -2.16. The van der Waals surface area contributed by atoms with Crippen LogP contribution in [0.1, 0.15) is 13.3 Å². The number of aliphatic carboxylic acids is 1. The molecule has 0 rings (SSSR count). The smallest absolute Gasteiger partial charge is 0.332 e. The Morgan fingerprint density at radius 2 is 2.20 bits per heavy atom. The van der Waals surface area contributed by atoms with E-state index in [4.69, 9.17) is 19.3 Å². The number of carboxylic acids is 1. The van der Waals surface area contributed by atoms with Gasteiger partial charge in [-0.1, -0.05) is 13.0 Å². The van der Waals surface area contributed by atoms with Crippen molar-refractivity contribution >= 4 is 5.97 Å². The van der Waals surface area contributed by atoms with Gasteiger partial charge in [0.05, 0.1) is 6.61 Å². The molecule has 0 aliphatic rings. The third kappa shape index (κ3) is 6.22. The van der Waals surface area contributed by atoms with Crippen LogP contribution in [0.5, 0.6) is 0 Å². The Morgan fingerprint density at radius 3 is 2.60 bits per heavy atom. The zero-order chi connectivity index (χ0) is 11.7. The molecule has 0 aliphatic heterocycles. The topological polar surface area (TPSA) is 65.0 Å². The predicted molar refractivity (Wildman–Crippen MR) is 54.6 cm³/mol. The molecule has 0 aromatic heterocycles. The Hall–Kier alpha value is -0.910. The first kappa shape index (κ1) is 14.1. The van der Waals surface area contributed by atoms with Crippen LogP contribution >= 0.6 is 0 Å². The molecule has 0 saturated heterocycles. The van der Waals surface area contributed by atoms with E-state index in [9.17, 15) is 4.79 Å². The van der Waals surface area contributed by atoms with Crippen LogP contribution in [0.4, 0.5) is 0 Å². The van der Waals surface area contributed by atoms with Gasteiger partial charge in [0.2, 0.25) is 0 Å². The molecule has 1 N–H and O–H groups in total. The maximum atomic E-state index is 10.6. The number of carboxylic acid groups (broad SMARTS) is 1. The number of rotatable bonds is 9. The lowest BCUT2D eigenvalue weighted by molar-refractivity contribution is -0.154. The third-order valence-electron chi connectivity index (χ3n) is 1.77. The van der Waals surface area contributed by atoms with Crippen LogP contribution in [0.3, 0.4) is 0 Å². The van der Waals surface area contributed by atoms with E-state index < -0.39 is 12.1 Å². The van der Waals surface area contributed by atoms with Crippen LogP contribution < -0.4 is 0 Å². The molecule has 0 amide bonds. The molecular formula is C10H18O5. The minimum Gasteiger partial charge on any atom is -0.479 e. The molecule has 0 radical (unpaired) electrons. The summed E-state index contributed by atoms with van der Waals surface area (Å²) in [5, 5.41) is 8.72. The highest BCUT2D eigenvalue weighted by atomic mass is 16.7. The fraction of sp³-hybridized carbons (Fsp3) is 0.700. The summed E-state index contributed by atoms with van der Waals surface area (Å²) in [6.45, 7) is 5.60. The molecule has 0 spiro atoms. The van der Waals surface area contributed by atoms with Crippen molar-refractivity contribution in [2.45, 2.75) is 25.6 Å². The summed E-state index contributed by atoms with van der Waals surface area (Å²) in [5.41, 5.74) is 0. The lowest BCUT2D eigenvalue weighted by atomic mass is 10.3. The maximum Gasteiger partial charge on any atom is 0.332 e. The molecule has 0 saturated carbocycles. The molecule has 0 bridgehead atoms. The van der Waals surface area contributed by atoms with E-state index in [2.05, 4.69) is 6.58 Å². The first-order valence-electron chi connectivity index (χ1n) is 4.73. The number of ether oxygens (including phenoxy) is 3. The van der Waals surface area contributed by atoms with E-state index >= 15 is 0 Å². The van der Waals surface area contributed by atoms with Crippen LogP contribution in [0.15, 0.2) is 12.7 Å². The summed E-state index contributed by atoms with van der Waals surface area (Å²) in [6, 6.07) is 0. The van der Waals surface area contributed by atoms with Gasteiger partial charge in [0.1, 0.15) is 12.9 Å². The highest BCUT2D eigenvalue weighted by Gasteiger charge is 2.17. The van der Waals surface area contributed by atoms with E-state index in [0.29, 0.717) is 6.42 Å². The SMILES string of the molecule is C=C[C@H](COC(CC)C(=O)O)OCOC. The fourth-order valence-corrected chi connectivity index (χ4v) is 0.914. The largest absolute Gasteiger partial charge is 0.479 e. The molecule has 0 aromatic rings. The van der Waals surface area contributed by atoms with Gasteiger partial charge in [0.15, 0.2) is 6.10 Å². The molecule has 0 aliphatic carbocycles. The average molecular weight is 218 g/mol. The summed E-state index contributed by atoms with van der Waals surface area (Å²) in [5.74, 6) is -0.966. The molecule has 5 nitrogen and oxygen atoms in total. The Balaban J connectivity index is 3.86. The predicted octanol–water partition coefficient (Wildman–Crippen LogP) is 1.04. The van der Waals surface area contributed by atoms with Crippen molar-refractivity contribution in [2.24, 2.45) is 0 Å². The fourth-order valence-electron chi connectivity index (χ4n) is 0.914. The Bertz CT molecular complexity index is 192. The Morgan fingerprint density at radius 1 is 1.53 bits per heavy atom. The van der Waals surface area contributed by atoms with Gasteiger partial charge in [0, 0.05) is 7.11 Å². The van der Waals surface area contributed by atoms with Crippen LogP contribution in [-0.4, -0.2) is 43.8 Å². The first-order valence-corrected chi connectivity index (χ1v) is 4.73. The molecule has 0 heterocycles. The molecule has 1 unspecified atom stereocenters. The van der Waals surface area contributed by atoms with Crippen molar-refractivity contribution in [1.82, 2.24) is 0 Å². The monoisotopic (exact) mass is 218 g/mol. The first-order chi connectivity index (χ1) is 7.15. The average Bonchev–Trinajstić information content (AvgIpc) is 2.23. The van der Waals surface area contributed by atoms with Crippen molar-refractivity contribution in [3.63, 3.8) is 0 Å². The molecule has 5 heteroatoms. The van der Waals surface area contributed by atoms with Crippen molar-refractivity contribution in [2.75, 3.05) is 20.5 Å². The van der Waals surface area contributed by atoms with E-state index in [1.165, 1.54) is 7.11 Å². The number of carbonyl (C=O) groups is 1. The zero-order valence-electron chi connectivity index (χ0n) is 9.14. The van der Waals surface area contributed by atoms with E-state index in [0.717, 1.165) is 0 Å². The van der Waals surface area contributed by atoms with Gasteiger partial charge in [0.25, 0.3) is 0 Å². The van der Waals surface area contributed by atoms with Crippen molar-refractivity contribution in [3.8, 4) is 0 Å². The second kappa shape index (κ2) is 8.40. The molecule has 88 valence electrons. The van der Waals surface area contributed by atoms with Crippen LogP contribution in [0.2, 0.25) is 0 Å². The molecule has 15 heavy (non-hydrogen) atoms. The highest BCUT2D eigenvalue weighted by Crippen LogP contribution is 2.02. The minimum atomic E-state index is -0.966. The van der Waals surface area contributed by atoms with Gasteiger partial charge in [-0.3, -0.25) is 0 Å². The van der Waals surface area contributed by atoms with Crippen LogP contribution in [0, 0.1) is 0 Å². The van der Waals surface area contributed by atoms with Gasteiger partial charge in [-0.15, -0.1) is 6.58 Å². The molecule has 0 aromatic carbocycles. The van der Waals surface area contributed by atoms with E-state index in [1.54, 1.807) is 13.0 Å². The van der Waals surface area contributed by atoms with Crippen molar-refractivity contribution in [3.05, 3.63) is 12.7 Å². The summed E-state index contributed by atoms with van der Waals surface area (Å²) >= 11 is 0. The van der Waals surface area contributed by atoms with Gasteiger partial charge in [-0.25, -0.2) is 4.79 Å².